The molecule has 0 fully saturated rings. The van der Waals surface area contributed by atoms with E-state index in [1.807, 2.05) is 0 Å². The molecule has 0 unspecified atom stereocenters. The van der Waals surface area contributed by atoms with Crippen LogP contribution in [0.1, 0.15) is 5.56 Å². The van der Waals surface area contributed by atoms with Crippen molar-refractivity contribution in [2.45, 2.75) is 16.7 Å². The van der Waals surface area contributed by atoms with Crippen molar-refractivity contribution in [1.82, 2.24) is 0 Å². The van der Waals surface area contributed by atoms with Crippen molar-refractivity contribution in [2.24, 2.45) is 0 Å². The Labute approximate surface area is 130 Å². The third kappa shape index (κ3) is 3.11. The highest BCUT2D eigenvalue weighted by atomic mass is 32.2. The molecule has 10 heteroatoms. The van der Waals surface area contributed by atoms with Gasteiger partial charge in [-0.1, -0.05) is 5.04 Å². The van der Waals surface area contributed by atoms with Crippen molar-refractivity contribution in [1.29, 1.82) is 0 Å². The molecule has 2 rings (SSSR count). The van der Waals surface area contributed by atoms with Gasteiger partial charge in [-0.25, -0.2) is 5.26 Å². The Morgan fingerprint density at radius 3 is 2.50 bits per heavy atom. The topological polar surface area (TPSA) is 125 Å². The van der Waals surface area contributed by atoms with Crippen molar-refractivity contribution >= 4 is 38.6 Å². The third-order valence-corrected chi connectivity index (χ3v) is 4.68. The van der Waals surface area contributed by atoms with Crippen LogP contribution in [-0.2, 0) is 19.5 Å². The van der Waals surface area contributed by atoms with E-state index >= 15 is 0 Å². The molecular formula is C12H13NO7S2. The summed E-state index contributed by atoms with van der Waals surface area (Å²) in [6.45, 7) is 1.62. The lowest BCUT2D eigenvalue weighted by molar-refractivity contribution is -0.432. The highest BCUT2D eigenvalue weighted by Gasteiger charge is 2.18. The summed E-state index contributed by atoms with van der Waals surface area (Å²) in [5.74, 6) is -0.0900. The minimum atomic E-state index is -4.40. The molecule has 22 heavy (non-hydrogen) atoms. The zero-order chi connectivity index (χ0) is 16.5. The Bertz CT molecular complexity index is 820. The van der Waals surface area contributed by atoms with Gasteiger partial charge in [-0.05, 0) is 30.5 Å². The molecule has 0 aliphatic carbocycles. The molecule has 120 valence electrons. The van der Waals surface area contributed by atoms with Gasteiger partial charge in [-0.2, -0.15) is 8.42 Å². The van der Waals surface area contributed by atoms with Crippen LogP contribution in [0.4, 0.5) is 5.69 Å². The summed E-state index contributed by atoms with van der Waals surface area (Å²) in [7, 11) is -2.85. The molecule has 0 atom stereocenters. The van der Waals surface area contributed by atoms with Crippen LogP contribution < -0.4 is 5.32 Å². The molecule has 0 amide bonds. The maximum atomic E-state index is 11.3. The molecule has 8 nitrogen and oxygen atoms in total. The Kier molecular flexibility index (Phi) is 4.80. The third-order valence-electron chi connectivity index (χ3n) is 3.11. The van der Waals surface area contributed by atoms with E-state index in [1.165, 1.54) is 18.2 Å². The predicted molar refractivity (Wildman–Crippen MR) is 80.4 cm³/mol. The molecule has 0 bridgehead atoms. The average molecular weight is 347 g/mol. The van der Waals surface area contributed by atoms with Gasteiger partial charge in [-0.3, -0.25) is 4.55 Å². The Morgan fingerprint density at radius 1 is 1.27 bits per heavy atom. The number of anilines is 1. The second kappa shape index (κ2) is 6.28. The van der Waals surface area contributed by atoms with Crippen molar-refractivity contribution in [3.8, 4) is 5.75 Å². The number of rotatable bonds is 5. The molecule has 0 aromatic heterocycles. The van der Waals surface area contributed by atoms with E-state index in [0.717, 1.165) is 0 Å². The molecular weight excluding hydrogens is 334 g/mol. The second-order valence-corrected chi connectivity index (χ2v) is 6.53. The van der Waals surface area contributed by atoms with Crippen molar-refractivity contribution in [3.05, 3.63) is 23.8 Å². The van der Waals surface area contributed by atoms with E-state index in [4.69, 9.17) is 5.26 Å². The highest BCUT2D eigenvalue weighted by molar-refractivity contribution is 7.94. The maximum Gasteiger partial charge on any atom is 0.294 e. The summed E-state index contributed by atoms with van der Waals surface area (Å²) >= 11 is 0.638. The van der Waals surface area contributed by atoms with Crippen LogP contribution >= 0.6 is 12.0 Å². The minimum absolute atomic E-state index is 0.0900. The van der Waals surface area contributed by atoms with Gasteiger partial charge in [0.25, 0.3) is 10.1 Å². The van der Waals surface area contributed by atoms with Gasteiger partial charge in [0.1, 0.15) is 5.75 Å². The van der Waals surface area contributed by atoms with E-state index < -0.39 is 10.1 Å². The Morgan fingerprint density at radius 2 is 1.95 bits per heavy atom. The van der Waals surface area contributed by atoms with Crippen molar-refractivity contribution < 1.29 is 32.7 Å². The van der Waals surface area contributed by atoms with Crippen LogP contribution in [0.2, 0.25) is 0 Å². The molecule has 0 aliphatic heterocycles. The predicted octanol–water partition coefficient (Wildman–Crippen LogP) is 2.57. The number of nitrogens with one attached hydrogen (secondary N) is 1. The average Bonchev–Trinajstić information content (AvgIpc) is 2.47. The van der Waals surface area contributed by atoms with Gasteiger partial charge < -0.3 is 10.4 Å². The fourth-order valence-corrected chi connectivity index (χ4v) is 3.10. The van der Waals surface area contributed by atoms with Crippen LogP contribution in [0.15, 0.2) is 28.0 Å². The molecule has 4 N–H and O–H groups in total. The molecule has 2 aromatic carbocycles. The molecule has 0 spiro atoms. The summed E-state index contributed by atoms with van der Waals surface area (Å²) in [5, 5.41) is 25.6. The Balaban J connectivity index is 2.80. The van der Waals surface area contributed by atoms with Gasteiger partial charge in [-0.15, -0.1) is 4.33 Å². The number of phenols is 1. The quantitative estimate of drug-likeness (QED) is 0.279. The number of phenolic OH excluding ortho intramolecular Hbond substituents is 1. The minimum Gasteiger partial charge on any atom is -0.507 e. The lowest BCUT2D eigenvalue weighted by Gasteiger charge is -2.14. The number of hydrogen-bond donors (Lipinski definition) is 4. The second-order valence-electron chi connectivity index (χ2n) is 4.37. The van der Waals surface area contributed by atoms with Gasteiger partial charge in [0.2, 0.25) is 0 Å². The summed E-state index contributed by atoms with van der Waals surface area (Å²) in [6.07, 6.45) is 0. The zero-order valence-corrected chi connectivity index (χ0v) is 13.2. The van der Waals surface area contributed by atoms with Gasteiger partial charge in [0, 0.05) is 28.6 Å². The molecule has 0 saturated heterocycles. The first-order chi connectivity index (χ1) is 10.3. The van der Waals surface area contributed by atoms with Gasteiger partial charge in [0.05, 0.1) is 16.9 Å². The van der Waals surface area contributed by atoms with Crippen LogP contribution in [0, 0.1) is 6.92 Å². The summed E-state index contributed by atoms with van der Waals surface area (Å²) < 4.78 is 36.2. The van der Waals surface area contributed by atoms with E-state index in [-0.39, 0.29) is 10.6 Å². The normalized spacial score (nSPS) is 11.8. The molecule has 0 aliphatic rings. The summed E-state index contributed by atoms with van der Waals surface area (Å²) in [6, 6.07) is 3.97. The standard InChI is InChI=1S/C12H13NO7S2/c1-6-10(21-20-19-15)4-7-3-8(22(16,17)18)5-9(13-2)11(7)12(6)14/h3-5,13-15H,1-2H3,(H,16,17,18). The van der Waals surface area contributed by atoms with Crippen LogP contribution in [0.25, 0.3) is 10.8 Å². The van der Waals surface area contributed by atoms with Gasteiger partial charge >= 0.3 is 0 Å². The lowest BCUT2D eigenvalue weighted by Crippen LogP contribution is -2.01. The molecule has 0 saturated carbocycles. The number of aromatic hydroxyl groups is 1. The lowest BCUT2D eigenvalue weighted by atomic mass is 10.0. The largest absolute Gasteiger partial charge is 0.507 e. The van der Waals surface area contributed by atoms with Crippen molar-refractivity contribution in [2.75, 3.05) is 12.4 Å². The van der Waals surface area contributed by atoms with E-state index in [0.29, 0.717) is 39.0 Å². The van der Waals surface area contributed by atoms with Gasteiger partial charge in [0.15, 0.2) is 0 Å². The fourth-order valence-electron chi connectivity index (χ4n) is 2.05. The van der Waals surface area contributed by atoms with Crippen LogP contribution in [0.3, 0.4) is 0 Å². The van der Waals surface area contributed by atoms with Crippen LogP contribution in [0.5, 0.6) is 5.75 Å². The maximum absolute atomic E-state index is 11.3. The monoisotopic (exact) mass is 347 g/mol. The Hall–Kier alpha value is -1.56. The van der Waals surface area contributed by atoms with E-state index in [2.05, 4.69) is 14.7 Å². The number of benzene rings is 2. The molecule has 2 aromatic rings. The number of fused-ring (bicyclic) bond motifs is 1. The SMILES string of the molecule is CNc1cc(S(=O)(=O)O)cc2cc(SOOO)c(C)c(O)c12. The smallest absolute Gasteiger partial charge is 0.294 e. The van der Waals surface area contributed by atoms with Crippen molar-refractivity contribution in [3.63, 3.8) is 0 Å². The summed E-state index contributed by atoms with van der Waals surface area (Å²) in [4.78, 5) is 0.0801. The zero-order valence-electron chi connectivity index (χ0n) is 11.5. The van der Waals surface area contributed by atoms with Crippen LogP contribution in [-0.4, -0.2) is 30.4 Å². The molecule has 0 radical (unpaired) electrons. The first-order valence-electron chi connectivity index (χ1n) is 5.90. The molecule has 0 heterocycles. The first-order valence-corrected chi connectivity index (χ1v) is 8.08. The fraction of sp³-hybridized carbons (Fsp3) is 0.167. The highest BCUT2D eigenvalue weighted by Crippen LogP contribution is 2.41. The number of hydrogen-bond acceptors (Lipinski definition) is 8. The first kappa shape index (κ1) is 16.8. The van der Waals surface area contributed by atoms with E-state index in [9.17, 15) is 18.1 Å². The van der Waals surface area contributed by atoms with E-state index in [1.54, 1.807) is 14.0 Å². The summed E-state index contributed by atoms with van der Waals surface area (Å²) in [5.41, 5.74) is 0.784.